The molecule has 1 aromatic heterocycles. The highest BCUT2D eigenvalue weighted by atomic mass is 35.5. The van der Waals surface area contributed by atoms with Gasteiger partial charge in [0.1, 0.15) is 5.02 Å². The molecule has 0 radical (unpaired) electrons. The first-order chi connectivity index (χ1) is 7.98. The highest BCUT2D eigenvalue weighted by Gasteiger charge is 2.27. The highest BCUT2D eigenvalue weighted by Crippen LogP contribution is 2.36. The normalized spacial score (nSPS) is 20.2. The fourth-order valence-corrected chi connectivity index (χ4v) is 2.39. The van der Waals surface area contributed by atoms with E-state index in [0.29, 0.717) is 17.1 Å². The second kappa shape index (κ2) is 4.69. The van der Waals surface area contributed by atoms with Crippen LogP contribution in [0.15, 0.2) is 11.0 Å². The predicted molar refractivity (Wildman–Crippen MR) is 69.5 cm³/mol. The van der Waals surface area contributed by atoms with Crippen molar-refractivity contribution in [2.45, 2.75) is 45.6 Å². The number of aromatic amines is 1. The summed E-state index contributed by atoms with van der Waals surface area (Å²) in [4.78, 5) is 11.3. The van der Waals surface area contributed by atoms with Crippen molar-refractivity contribution in [1.29, 1.82) is 0 Å². The lowest BCUT2D eigenvalue weighted by atomic mass is 9.75. The van der Waals surface area contributed by atoms with Crippen molar-refractivity contribution in [2.24, 2.45) is 5.41 Å². The number of hydrogen-bond acceptors (Lipinski definition) is 3. The van der Waals surface area contributed by atoms with Crippen molar-refractivity contribution in [3.8, 4) is 0 Å². The van der Waals surface area contributed by atoms with Gasteiger partial charge in [-0.1, -0.05) is 25.4 Å². The molecular weight excluding hydrogens is 238 g/mol. The van der Waals surface area contributed by atoms with E-state index in [1.165, 1.54) is 12.8 Å². The zero-order valence-corrected chi connectivity index (χ0v) is 11.0. The topological polar surface area (TPSA) is 57.8 Å². The summed E-state index contributed by atoms with van der Waals surface area (Å²) in [6, 6.07) is 0.393. The third-order valence-corrected chi connectivity index (χ3v) is 3.87. The second-order valence-electron chi connectivity index (χ2n) is 5.51. The van der Waals surface area contributed by atoms with Crippen LogP contribution in [0.2, 0.25) is 5.02 Å². The van der Waals surface area contributed by atoms with Crippen LogP contribution in [-0.2, 0) is 0 Å². The van der Waals surface area contributed by atoms with Crippen LogP contribution < -0.4 is 10.9 Å². The third-order valence-electron chi connectivity index (χ3n) is 3.49. The van der Waals surface area contributed by atoms with E-state index in [1.807, 2.05) is 0 Å². The third kappa shape index (κ3) is 3.00. The standard InChI is InChI=1S/C12H18ClN3O/c1-12(2)5-3-8(4-6-12)15-9-7-14-16-11(17)10(9)13/h7-8H,3-6H2,1-2H3,(H2,15,16,17). The summed E-state index contributed by atoms with van der Waals surface area (Å²) < 4.78 is 0. The number of anilines is 1. The van der Waals surface area contributed by atoms with Crippen molar-refractivity contribution < 1.29 is 0 Å². The molecule has 0 amide bonds. The van der Waals surface area contributed by atoms with Crippen LogP contribution in [0.5, 0.6) is 0 Å². The van der Waals surface area contributed by atoms with E-state index < -0.39 is 0 Å². The predicted octanol–water partition coefficient (Wildman–Crippen LogP) is 2.80. The number of nitrogens with zero attached hydrogens (tertiary/aromatic N) is 1. The maximum atomic E-state index is 11.3. The Morgan fingerprint density at radius 3 is 2.76 bits per heavy atom. The van der Waals surface area contributed by atoms with Crippen molar-refractivity contribution >= 4 is 17.3 Å². The molecule has 5 heteroatoms. The van der Waals surface area contributed by atoms with E-state index in [2.05, 4.69) is 29.4 Å². The van der Waals surface area contributed by atoms with Crippen LogP contribution in [-0.4, -0.2) is 16.2 Å². The van der Waals surface area contributed by atoms with Gasteiger partial charge in [0.2, 0.25) is 0 Å². The van der Waals surface area contributed by atoms with Crippen molar-refractivity contribution in [3.05, 3.63) is 21.6 Å². The molecule has 17 heavy (non-hydrogen) atoms. The Balaban J connectivity index is 2.03. The largest absolute Gasteiger partial charge is 0.380 e. The lowest BCUT2D eigenvalue weighted by Crippen LogP contribution is -2.30. The van der Waals surface area contributed by atoms with Crippen molar-refractivity contribution in [1.82, 2.24) is 10.2 Å². The Labute approximate surface area is 106 Å². The smallest absolute Gasteiger partial charge is 0.285 e. The minimum Gasteiger partial charge on any atom is -0.380 e. The molecule has 1 fully saturated rings. The summed E-state index contributed by atoms with van der Waals surface area (Å²) in [5, 5.41) is 9.58. The van der Waals surface area contributed by atoms with Gasteiger partial charge in [0, 0.05) is 6.04 Å². The average molecular weight is 256 g/mol. The van der Waals surface area contributed by atoms with Crippen LogP contribution >= 0.6 is 11.6 Å². The number of aromatic nitrogens is 2. The van der Waals surface area contributed by atoms with Crippen molar-refractivity contribution in [2.75, 3.05) is 5.32 Å². The number of hydrogen-bond donors (Lipinski definition) is 2. The molecule has 1 heterocycles. The molecule has 94 valence electrons. The summed E-state index contributed by atoms with van der Waals surface area (Å²) in [6.07, 6.45) is 6.17. The quantitative estimate of drug-likeness (QED) is 0.854. The van der Waals surface area contributed by atoms with Gasteiger partial charge in [-0.15, -0.1) is 0 Å². The zero-order valence-electron chi connectivity index (χ0n) is 10.2. The number of nitrogens with one attached hydrogen (secondary N) is 2. The molecule has 4 nitrogen and oxygen atoms in total. The average Bonchev–Trinajstić information content (AvgIpc) is 2.27. The summed E-state index contributed by atoms with van der Waals surface area (Å²) in [7, 11) is 0. The van der Waals surface area contributed by atoms with Gasteiger partial charge in [0.05, 0.1) is 11.9 Å². The molecule has 1 aromatic rings. The molecule has 2 N–H and O–H groups in total. The lowest BCUT2D eigenvalue weighted by molar-refractivity contribution is 0.232. The molecule has 2 rings (SSSR count). The van der Waals surface area contributed by atoms with Gasteiger partial charge >= 0.3 is 0 Å². The molecule has 0 spiro atoms. The second-order valence-corrected chi connectivity index (χ2v) is 5.89. The molecule has 1 aliphatic rings. The van der Waals surface area contributed by atoms with E-state index >= 15 is 0 Å². The summed E-state index contributed by atoms with van der Waals surface area (Å²) >= 11 is 5.92. The van der Waals surface area contributed by atoms with Crippen molar-refractivity contribution in [3.63, 3.8) is 0 Å². The molecular formula is C12H18ClN3O. The maximum Gasteiger partial charge on any atom is 0.285 e. The van der Waals surface area contributed by atoms with Gasteiger partial charge in [0.15, 0.2) is 0 Å². The summed E-state index contributed by atoms with van der Waals surface area (Å²) in [5.74, 6) is 0. The Bertz CT molecular complexity index is 445. The van der Waals surface area contributed by atoms with Gasteiger partial charge in [-0.25, -0.2) is 5.10 Å². The molecule has 0 atom stereocenters. The number of rotatable bonds is 2. The molecule has 0 aliphatic heterocycles. The van der Waals surface area contributed by atoms with E-state index in [9.17, 15) is 4.79 Å². The van der Waals surface area contributed by atoms with E-state index in [0.717, 1.165) is 12.8 Å². The lowest BCUT2D eigenvalue weighted by Gasteiger charge is -2.35. The van der Waals surface area contributed by atoms with E-state index in [-0.39, 0.29) is 10.6 Å². The van der Waals surface area contributed by atoms with Crippen LogP contribution in [0.25, 0.3) is 0 Å². The molecule has 1 saturated carbocycles. The fraction of sp³-hybridized carbons (Fsp3) is 0.667. The van der Waals surface area contributed by atoms with Crippen LogP contribution in [0.1, 0.15) is 39.5 Å². The Morgan fingerprint density at radius 2 is 2.12 bits per heavy atom. The highest BCUT2D eigenvalue weighted by molar-refractivity contribution is 6.32. The number of H-pyrrole nitrogens is 1. The SMILES string of the molecule is CC1(C)CCC(Nc2cn[nH]c(=O)c2Cl)CC1. The van der Waals surface area contributed by atoms with E-state index in [1.54, 1.807) is 6.20 Å². The van der Waals surface area contributed by atoms with Crippen LogP contribution in [0, 0.1) is 5.41 Å². The molecule has 0 aromatic carbocycles. The van der Waals surface area contributed by atoms with Gasteiger partial charge in [-0.05, 0) is 31.1 Å². The molecule has 0 unspecified atom stereocenters. The fourth-order valence-electron chi connectivity index (χ4n) is 2.25. The monoisotopic (exact) mass is 255 g/mol. The van der Waals surface area contributed by atoms with Crippen LogP contribution in [0.4, 0.5) is 5.69 Å². The Morgan fingerprint density at radius 1 is 1.47 bits per heavy atom. The molecule has 1 aliphatic carbocycles. The Hall–Kier alpha value is -1.03. The van der Waals surface area contributed by atoms with Gasteiger partial charge in [-0.2, -0.15) is 5.10 Å². The summed E-state index contributed by atoms with van der Waals surface area (Å²) in [5.41, 5.74) is 0.738. The molecule has 0 bridgehead atoms. The van der Waals surface area contributed by atoms with Gasteiger partial charge < -0.3 is 5.32 Å². The number of halogens is 1. The van der Waals surface area contributed by atoms with E-state index in [4.69, 9.17) is 11.6 Å². The first-order valence-electron chi connectivity index (χ1n) is 5.98. The van der Waals surface area contributed by atoms with Gasteiger partial charge in [0.25, 0.3) is 5.56 Å². The van der Waals surface area contributed by atoms with Gasteiger partial charge in [-0.3, -0.25) is 4.79 Å². The first kappa shape index (κ1) is 12.4. The van der Waals surface area contributed by atoms with Crippen LogP contribution in [0.3, 0.4) is 0 Å². The molecule has 0 saturated heterocycles. The minimum atomic E-state index is -0.340. The maximum absolute atomic E-state index is 11.3. The minimum absolute atomic E-state index is 0.199. The Kier molecular flexibility index (Phi) is 3.43. The zero-order chi connectivity index (χ0) is 12.5. The first-order valence-corrected chi connectivity index (χ1v) is 6.35. The summed E-state index contributed by atoms with van der Waals surface area (Å²) in [6.45, 7) is 4.59.